The Morgan fingerprint density at radius 3 is 2.62 bits per heavy atom. The number of hydrogen-bond acceptors (Lipinski definition) is 5. The average molecular weight is 621 g/mol. The van der Waals surface area contributed by atoms with Crippen LogP contribution in [-0.2, 0) is 0 Å². The van der Waals surface area contributed by atoms with Gasteiger partial charge < -0.3 is 14.5 Å². The molecular formula is C30H20BrClFN3O4. The van der Waals surface area contributed by atoms with Gasteiger partial charge in [0.15, 0.2) is 0 Å². The fourth-order valence-corrected chi connectivity index (χ4v) is 4.74. The zero-order chi connectivity index (χ0) is 28.2. The normalized spacial score (nSPS) is 11.1. The Morgan fingerprint density at radius 1 is 1.02 bits per heavy atom. The number of hydrogen-bond donors (Lipinski definition) is 2. The molecule has 1 amide bonds. The van der Waals surface area contributed by atoms with Gasteiger partial charge in [-0.3, -0.25) is 4.79 Å². The summed E-state index contributed by atoms with van der Waals surface area (Å²) in [5, 5.41) is 4.98. The van der Waals surface area contributed by atoms with E-state index in [-0.39, 0.29) is 17.0 Å². The minimum atomic E-state index is -0.619. The highest BCUT2D eigenvalue weighted by molar-refractivity contribution is 9.10. The number of esters is 1. The van der Waals surface area contributed by atoms with Crippen molar-refractivity contribution in [2.45, 2.75) is 0 Å². The molecular weight excluding hydrogens is 601 g/mol. The number of H-pyrrole nitrogens is 1. The zero-order valence-electron chi connectivity index (χ0n) is 20.9. The molecule has 1 heterocycles. The number of nitrogens with one attached hydrogen (secondary N) is 2. The largest absolute Gasteiger partial charge is 0.497 e. The maximum Gasteiger partial charge on any atom is 0.343 e. The molecule has 4 aromatic carbocycles. The molecule has 0 aliphatic carbocycles. The molecule has 0 radical (unpaired) electrons. The van der Waals surface area contributed by atoms with Crippen LogP contribution >= 0.6 is 27.5 Å². The second-order valence-electron chi connectivity index (χ2n) is 8.52. The SMILES string of the molecule is COc1cccc(C(=O)Oc2ccc(Br)cc2C=NNC(=O)c2[nH]c3c(F)cccc3c2-c2ccccc2Cl)c1. The van der Waals surface area contributed by atoms with Crippen molar-refractivity contribution in [2.75, 3.05) is 7.11 Å². The Balaban J connectivity index is 1.43. The van der Waals surface area contributed by atoms with Gasteiger partial charge >= 0.3 is 5.97 Å². The number of aromatic nitrogens is 1. The number of halogens is 3. The third kappa shape index (κ3) is 5.61. The summed E-state index contributed by atoms with van der Waals surface area (Å²) in [6, 6.07) is 23.1. The standard InChI is InChI=1S/C30H20BrClFN3O4/c1-39-20-7-4-6-17(15-20)30(38)40-25-13-12-19(31)14-18(25)16-34-36-29(37)28-26(21-8-2-3-10-23(21)32)22-9-5-11-24(33)27(22)35-28/h2-16,35H,1H3,(H,36,37). The van der Waals surface area contributed by atoms with Gasteiger partial charge in [-0.1, -0.05) is 63.9 Å². The highest BCUT2D eigenvalue weighted by Crippen LogP contribution is 2.37. The van der Waals surface area contributed by atoms with Gasteiger partial charge in [-0.2, -0.15) is 5.10 Å². The molecule has 0 spiro atoms. The first-order valence-electron chi connectivity index (χ1n) is 11.9. The van der Waals surface area contributed by atoms with E-state index in [0.29, 0.717) is 42.9 Å². The highest BCUT2D eigenvalue weighted by Gasteiger charge is 2.22. The second kappa shape index (κ2) is 11.7. The van der Waals surface area contributed by atoms with Crippen molar-refractivity contribution in [1.29, 1.82) is 0 Å². The average Bonchev–Trinajstić information content (AvgIpc) is 3.35. The van der Waals surface area contributed by atoms with Crippen LogP contribution in [0.2, 0.25) is 5.02 Å². The lowest BCUT2D eigenvalue weighted by Crippen LogP contribution is -2.19. The van der Waals surface area contributed by atoms with Crippen LogP contribution in [0.4, 0.5) is 4.39 Å². The number of amides is 1. The van der Waals surface area contributed by atoms with E-state index in [1.165, 1.54) is 19.4 Å². The lowest BCUT2D eigenvalue weighted by atomic mass is 10.0. The summed E-state index contributed by atoms with van der Waals surface area (Å²) in [7, 11) is 1.51. The molecule has 200 valence electrons. The number of benzene rings is 4. The van der Waals surface area contributed by atoms with Gasteiger partial charge in [0.05, 0.1) is 24.4 Å². The van der Waals surface area contributed by atoms with Gasteiger partial charge in [0.25, 0.3) is 5.91 Å². The molecule has 0 aliphatic rings. The number of para-hydroxylation sites is 1. The molecule has 40 heavy (non-hydrogen) atoms. The number of carbonyl (C=O) groups is 2. The molecule has 0 atom stereocenters. The molecule has 0 aliphatic heterocycles. The topological polar surface area (TPSA) is 92.8 Å². The summed E-state index contributed by atoms with van der Waals surface area (Å²) in [6.07, 6.45) is 1.34. The molecule has 10 heteroatoms. The third-order valence-electron chi connectivity index (χ3n) is 6.00. The van der Waals surface area contributed by atoms with Crippen LogP contribution in [0.3, 0.4) is 0 Å². The molecule has 0 saturated heterocycles. The third-order valence-corrected chi connectivity index (χ3v) is 6.83. The summed E-state index contributed by atoms with van der Waals surface area (Å²) >= 11 is 9.82. The first kappa shape index (κ1) is 27.1. The van der Waals surface area contributed by atoms with Crippen LogP contribution in [0, 0.1) is 5.82 Å². The molecule has 0 saturated carbocycles. The molecule has 0 bridgehead atoms. The molecule has 5 aromatic rings. The molecule has 5 rings (SSSR count). The predicted octanol–water partition coefficient (Wildman–Crippen LogP) is 7.38. The van der Waals surface area contributed by atoms with E-state index in [9.17, 15) is 14.0 Å². The molecule has 2 N–H and O–H groups in total. The number of aromatic amines is 1. The first-order chi connectivity index (χ1) is 19.4. The van der Waals surface area contributed by atoms with Crippen molar-refractivity contribution in [3.63, 3.8) is 0 Å². The lowest BCUT2D eigenvalue weighted by molar-refractivity contribution is 0.0733. The fraction of sp³-hybridized carbons (Fsp3) is 0.0333. The van der Waals surface area contributed by atoms with Gasteiger partial charge in [-0.25, -0.2) is 14.6 Å². The Hall–Kier alpha value is -4.47. The van der Waals surface area contributed by atoms with E-state index in [1.54, 1.807) is 78.9 Å². The van der Waals surface area contributed by atoms with E-state index in [1.807, 2.05) is 0 Å². The molecule has 1 aromatic heterocycles. The highest BCUT2D eigenvalue weighted by atomic mass is 79.9. The number of rotatable bonds is 7. The van der Waals surface area contributed by atoms with E-state index >= 15 is 0 Å². The van der Waals surface area contributed by atoms with Crippen molar-refractivity contribution in [3.8, 4) is 22.6 Å². The van der Waals surface area contributed by atoms with Crippen molar-refractivity contribution < 1.29 is 23.5 Å². The van der Waals surface area contributed by atoms with E-state index < -0.39 is 17.7 Å². The van der Waals surface area contributed by atoms with Crippen LogP contribution in [0.25, 0.3) is 22.0 Å². The van der Waals surface area contributed by atoms with Crippen molar-refractivity contribution in [1.82, 2.24) is 10.4 Å². The van der Waals surface area contributed by atoms with Crippen LogP contribution < -0.4 is 14.9 Å². The Kier molecular flexibility index (Phi) is 7.95. The lowest BCUT2D eigenvalue weighted by Gasteiger charge is -2.09. The zero-order valence-corrected chi connectivity index (χ0v) is 23.2. The van der Waals surface area contributed by atoms with Gasteiger partial charge in [0.2, 0.25) is 0 Å². The minimum absolute atomic E-state index is 0.0873. The van der Waals surface area contributed by atoms with Crippen LogP contribution in [-0.4, -0.2) is 30.2 Å². The van der Waals surface area contributed by atoms with Crippen LogP contribution in [0.5, 0.6) is 11.5 Å². The van der Waals surface area contributed by atoms with Crippen molar-refractivity contribution in [2.24, 2.45) is 5.10 Å². The molecule has 7 nitrogen and oxygen atoms in total. The number of fused-ring (bicyclic) bond motifs is 1. The molecule has 0 unspecified atom stereocenters. The number of methoxy groups -OCH3 is 1. The summed E-state index contributed by atoms with van der Waals surface area (Å²) in [5.74, 6) is -0.984. The number of hydrazone groups is 1. The van der Waals surface area contributed by atoms with E-state index in [0.717, 1.165) is 0 Å². The van der Waals surface area contributed by atoms with E-state index in [4.69, 9.17) is 21.1 Å². The summed E-state index contributed by atoms with van der Waals surface area (Å²) < 4.78 is 26.1. The Bertz CT molecular complexity index is 1790. The maximum absolute atomic E-state index is 14.6. The fourth-order valence-electron chi connectivity index (χ4n) is 4.13. The Labute approximate surface area is 241 Å². The molecule has 0 fully saturated rings. The monoisotopic (exact) mass is 619 g/mol. The van der Waals surface area contributed by atoms with E-state index in [2.05, 4.69) is 31.4 Å². The minimum Gasteiger partial charge on any atom is -0.497 e. The summed E-state index contributed by atoms with van der Waals surface area (Å²) in [6.45, 7) is 0. The summed E-state index contributed by atoms with van der Waals surface area (Å²) in [4.78, 5) is 28.9. The van der Waals surface area contributed by atoms with Gasteiger partial charge in [0, 0.05) is 31.6 Å². The maximum atomic E-state index is 14.6. The smallest absolute Gasteiger partial charge is 0.343 e. The predicted molar refractivity (Wildman–Crippen MR) is 156 cm³/mol. The van der Waals surface area contributed by atoms with Crippen molar-refractivity contribution in [3.05, 3.63) is 117 Å². The summed E-state index contributed by atoms with van der Waals surface area (Å²) in [5.41, 5.74) is 4.45. The first-order valence-corrected chi connectivity index (χ1v) is 13.1. The van der Waals surface area contributed by atoms with Gasteiger partial charge in [-0.15, -0.1) is 0 Å². The van der Waals surface area contributed by atoms with Gasteiger partial charge in [-0.05, 0) is 48.5 Å². The van der Waals surface area contributed by atoms with Crippen molar-refractivity contribution >= 4 is 56.5 Å². The quantitative estimate of drug-likeness (QED) is 0.0859. The van der Waals surface area contributed by atoms with Gasteiger partial charge in [0.1, 0.15) is 23.0 Å². The number of ether oxygens (including phenoxy) is 2. The number of carbonyl (C=O) groups excluding carboxylic acids is 2. The Morgan fingerprint density at radius 2 is 1.82 bits per heavy atom. The van der Waals surface area contributed by atoms with Crippen LogP contribution in [0.15, 0.2) is 94.5 Å². The number of nitrogens with zero attached hydrogens (tertiary/aromatic N) is 1. The van der Waals surface area contributed by atoms with Crippen LogP contribution in [0.1, 0.15) is 26.4 Å². The second-order valence-corrected chi connectivity index (χ2v) is 9.84.